The van der Waals surface area contributed by atoms with Gasteiger partial charge in [-0.25, -0.2) is 14.0 Å². The Bertz CT molecular complexity index is 1080. The molecule has 0 aliphatic carbocycles. The first-order chi connectivity index (χ1) is 13.6. The van der Waals surface area contributed by atoms with Crippen LogP contribution < -0.4 is 5.69 Å². The molecule has 11 heteroatoms. The molecule has 0 aliphatic rings. The Labute approximate surface area is 172 Å². The van der Waals surface area contributed by atoms with Crippen molar-refractivity contribution in [1.82, 2.24) is 14.3 Å². The summed E-state index contributed by atoms with van der Waals surface area (Å²) in [5.74, 6) is 0.0730. The maximum Gasteiger partial charge on any atom is 0.416 e. The fraction of sp³-hybridized carbons (Fsp3) is 0.222. The molecule has 0 aliphatic heterocycles. The SMILES string of the molecule is O=c1n(CCC(O)O)nc(-c2ccc(Cl)cc2Cl)n1-c1ccc(C(F)(F)F)cc1. The van der Waals surface area contributed by atoms with Gasteiger partial charge in [0, 0.05) is 17.0 Å². The molecule has 2 aromatic carbocycles. The minimum Gasteiger partial charge on any atom is -0.368 e. The second-order valence-corrected chi connectivity index (χ2v) is 6.95. The summed E-state index contributed by atoms with van der Waals surface area (Å²) in [7, 11) is 0. The standard InChI is InChI=1S/C18H14Cl2F3N3O3/c19-11-3-6-13(14(20)9-11)16-24-25(8-7-15(27)28)17(29)26(16)12-4-1-10(2-5-12)18(21,22)23/h1-6,9,15,27-28H,7-8H2. The number of hydrogen-bond acceptors (Lipinski definition) is 4. The van der Waals surface area contributed by atoms with E-state index in [1.807, 2.05) is 0 Å². The van der Waals surface area contributed by atoms with Gasteiger partial charge in [-0.1, -0.05) is 23.2 Å². The van der Waals surface area contributed by atoms with Gasteiger partial charge in [0.05, 0.1) is 22.8 Å². The predicted molar refractivity (Wildman–Crippen MR) is 101 cm³/mol. The Kier molecular flexibility index (Phi) is 6.04. The van der Waals surface area contributed by atoms with E-state index in [1.165, 1.54) is 18.2 Å². The van der Waals surface area contributed by atoms with Gasteiger partial charge in [-0.05, 0) is 42.5 Å². The summed E-state index contributed by atoms with van der Waals surface area (Å²) in [6.07, 6.45) is -6.34. The summed E-state index contributed by atoms with van der Waals surface area (Å²) in [5, 5.41) is 22.8. The molecular weight excluding hydrogens is 434 g/mol. The zero-order chi connectivity index (χ0) is 21.3. The topological polar surface area (TPSA) is 80.3 Å². The summed E-state index contributed by atoms with van der Waals surface area (Å²) in [5.41, 5.74) is -1.07. The zero-order valence-electron chi connectivity index (χ0n) is 14.6. The van der Waals surface area contributed by atoms with Crippen LogP contribution in [0.3, 0.4) is 0 Å². The van der Waals surface area contributed by atoms with Gasteiger partial charge in [0.15, 0.2) is 12.1 Å². The van der Waals surface area contributed by atoms with Gasteiger partial charge in [0.1, 0.15) is 0 Å². The van der Waals surface area contributed by atoms with E-state index in [0.29, 0.717) is 10.6 Å². The summed E-state index contributed by atoms with van der Waals surface area (Å²) in [6, 6.07) is 8.48. The van der Waals surface area contributed by atoms with Crippen LogP contribution in [0.5, 0.6) is 0 Å². The zero-order valence-corrected chi connectivity index (χ0v) is 16.1. The Morgan fingerprint density at radius 3 is 2.28 bits per heavy atom. The normalized spacial score (nSPS) is 12.0. The molecule has 0 amide bonds. The van der Waals surface area contributed by atoms with Gasteiger partial charge in [0.25, 0.3) is 0 Å². The van der Waals surface area contributed by atoms with E-state index in [0.717, 1.165) is 33.5 Å². The largest absolute Gasteiger partial charge is 0.416 e. The van der Waals surface area contributed by atoms with Crippen molar-refractivity contribution in [1.29, 1.82) is 0 Å². The van der Waals surface area contributed by atoms with Crippen LogP contribution in [-0.2, 0) is 12.7 Å². The van der Waals surface area contributed by atoms with E-state index < -0.39 is 23.7 Å². The van der Waals surface area contributed by atoms with E-state index in [-0.39, 0.29) is 29.5 Å². The molecule has 0 spiro atoms. The number of hydrogen-bond donors (Lipinski definition) is 2. The van der Waals surface area contributed by atoms with E-state index in [9.17, 15) is 18.0 Å². The lowest BCUT2D eigenvalue weighted by Gasteiger charge is -2.10. The molecule has 0 atom stereocenters. The van der Waals surface area contributed by atoms with Crippen molar-refractivity contribution in [2.75, 3.05) is 0 Å². The van der Waals surface area contributed by atoms with Gasteiger partial charge in [-0.2, -0.15) is 13.2 Å². The van der Waals surface area contributed by atoms with Crippen molar-refractivity contribution >= 4 is 23.2 Å². The lowest BCUT2D eigenvalue weighted by atomic mass is 10.1. The first kappa shape index (κ1) is 21.4. The highest BCUT2D eigenvalue weighted by Crippen LogP contribution is 2.32. The van der Waals surface area contributed by atoms with Crippen molar-refractivity contribution in [3.8, 4) is 17.1 Å². The smallest absolute Gasteiger partial charge is 0.368 e. The van der Waals surface area contributed by atoms with E-state index in [4.69, 9.17) is 33.4 Å². The first-order valence-corrected chi connectivity index (χ1v) is 9.02. The molecule has 154 valence electrons. The molecule has 29 heavy (non-hydrogen) atoms. The second kappa shape index (κ2) is 8.19. The Morgan fingerprint density at radius 2 is 1.72 bits per heavy atom. The third kappa shape index (κ3) is 4.64. The molecular formula is C18H14Cl2F3N3O3. The van der Waals surface area contributed by atoms with Crippen LogP contribution in [0.4, 0.5) is 13.2 Å². The highest BCUT2D eigenvalue weighted by molar-refractivity contribution is 6.36. The number of alkyl halides is 3. The highest BCUT2D eigenvalue weighted by atomic mass is 35.5. The number of halogens is 5. The minimum atomic E-state index is -4.52. The molecule has 0 radical (unpaired) electrons. The number of aryl methyl sites for hydroxylation is 1. The first-order valence-electron chi connectivity index (χ1n) is 8.27. The van der Waals surface area contributed by atoms with Crippen molar-refractivity contribution < 1.29 is 23.4 Å². The summed E-state index contributed by atoms with van der Waals surface area (Å²) in [6.45, 7) is -0.123. The maximum atomic E-state index is 12.9. The number of rotatable bonds is 5. The fourth-order valence-electron chi connectivity index (χ4n) is 2.67. The molecule has 0 unspecified atom stereocenters. The third-order valence-electron chi connectivity index (χ3n) is 4.06. The quantitative estimate of drug-likeness (QED) is 0.584. The van der Waals surface area contributed by atoms with Gasteiger partial charge < -0.3 is 10.2 Å². The summed E-state index contributed by atoms with van der Waals surface area (Å²) < 4.78 is 40.6. The van der Waals surface area contributed by atoms with Crippen molar-refractivity contribution in [3.63, 3.8) is 0 Å². The molecule has 1 heterocycles. The second-order valence-electron chi connectivity index (χ2n) is 6.10. The van der Waals surface area contributed by atoms with Gasteiger partial charge >= 0.3 is 11.9 Å². The third-order valence-corrected chi connectivity index (χ3v) is 4.61. The van der Waals surface area contributed by atoms with E-state index >= 15 is 0 Å². The van der Waals surface area contributed by atoms with Crippen molar-refractivity contribution in [2.45, 2.75) is 25.4 Å². The molecule has 6 nitrogen and oxygen atoms in total. The number of aliphatic hydroxyl groups excluding tert-OH is 1. The lowest BCUT2D eigenvalue weighted by molar-refractivity contribution is -0.137. The van der Waals surface area contributed by atoms with E-state index in [1.54, 1.807) is 0 Å². The molecule has 0 fully saturated rings. The average molecular weight is 448 g/mol. The monoisotopic (exact) mass is 447 g/mol. The molecule has 0 saturated carbocycles. The van der Waals surface area contributed by atoms with Crippen LogP contribution in [0.2, 0.25) is 10.0 Å². The van der Waals surface area contributed by atoms with Crippen LogP contribution in [0.1, 0.15) is 12.0 Å². The minimum absolute atomic E-state index is 0.0730. The van der Waals surface area contributed by atoms with Crippen LogP contribution in [0.15, 0.2) is 47.3 Å². The summed E-state index contributed by atoms with van der Waals surface area (Å²) >= 11 is 12.1. The molecule has 2 N–H and O–H groups in total. The Balaban J connectivity index is 2.17. The molecule has 1 aromatic heterocycles. The molecule has 0 bridgehead atoms. The van der Waals surface area contributed by atoms with Crippen LogP contribution >= 0.6 is 23.2 Å². The molecule has 3 rings (SSSR count). The van der Waals surface area contributed by atoms with Crippen LogP contribution in [0, 0.1) is 0 Å². The number of aromatic nitrogens is 3. The van der Waals surface area contributed by atoms with Crippen molar-refractivity contribution in [3.05, 3.63) is 68.6 Å². The Morgan fingerprint density at radius 1 is 1.07 bits per heavy atom. The lowest BCUT2D eigenvalue weighted by Crippen LogP contribution is -2.25. The fourth-order valence-corrected chi connectivity index (χ4v) is 3.16. The molecule has 0 saturated heterocycles. The van der Waals surface area contributed by atoms with Gasteiger partial charge in [-0.15, -0.1) is 5.10 Å². The van der Waals surface area contributed by atoms with E-state index in [2.05, 4.69) is 5.10 Å². The number of nitrogens with zero attached hydrogens (tertiary/aromatic N) is 3. The summed E-state index contributed by atoms with van der Waals surface area (Å²) in [4.78, 5) is 12.8. The molecule has 3 aromatic rings. The predicted octanol–water partition coefficient (Wildman–Crippen LogP) is 3.73. The Hall–Kier alpha value is -2.33. The van der Waals surface area contributed by atoms with Crippen molar-refractivity contribution in [2.24, 2.45) is 0 Å². The maximum absolute atomic E-state index is 12.9. The van der Waals surface area contributed by atoms with Gasteiger partial charge in [-0.3, -0.25) is 0 Å². The number of aliphatic hydroxyl groups is 2. The van der Waals surface area contributed by atoms with Gasteiger partial charge in [0.2, 0.25) is 0 Å². The number of benzene rings is 2. The van der Waals surface area contributed by atoms with Crippen LogP contribution in [0.25, 0.3) is 17.1 Å². The average Bonchev–Trinajstić information content (AvgIpc) is 2.95. The highest BCUT2D eigenvalue weighted by Gasteiger charge is 2.30. The van der Waals surface area contributed by atoms with Crippen LogP contribution in [-0.4, -0.2) is 30.9 Å².